The first kappa shape index (κ1) is 15.8. The van der Waals surface area contributed by atoms with E-state index in [0.717, 1.165) is 5.69 Å². The number of carbonyl (C=O) groups excluding carboxylic acids is 1. The van der Waals surface area contributed by atoms with E-state index in [4.69, 9.17) is 0 Å². The zero-order valence-electron chi connectivity index (χ0n) is 13.4. The van der Waals surface area contributed by atoms with Crippen molar-refractivity contribution in [2.45, 2.75) is 33.6 Å². The fraction of sp³-hybridized carbons (Fsp3) is 0.400. The monoisotopic (exact) mass is 300 g/mol. The molecule has 7 nitrogen and oxygen atoms in total. The summed E-state index contributed by atoms with van der Waals surface area (Å²) in [4.78, 5) is 29.0. The molecule has 0 fully saturated rings. The van der Waals surface area contributed by atoms with Gasteiger partial charge in [-0.3, -0.25) is 4.79 Å². The smallest absolute Gasteiger partial charge is 0.254 e. The van der Waals surface area contributed by atoms with E-state index >= 15 is 0 Å². The van der Waals surface area contributed by atoms with Crippen LogP contribution in [0.15, 0.2) is 12.3 Å². The minimum atomic E-state index is -0.191. The van der Waals surface area contributed by atoms with Gasteiger partial charge < -0.3 is 10.6 Å². The zero-order valence-corrected chi connectivity index (χ0v) is 13.4. The van der Waals surface area contributed by atoms with Gasteiger partial charge in [-0.25, -0.2) is 19.9 Å². The van der Waals surface area contributed by atoms with Crippen LogP contribution in [0.3, 0.4) is 0 Å². The fourth-order valence-electron chi connectivity index (χ4n) is 2.10. The first-order chi connectivity index (χ1) is 10.4. The third-order valence-corrected chi connectivity index (χ3v) is 3.04. The highest BCUT2D eigenvalue weighted by atomic mass is 16.1. The lowest BCUT2D eigenvalue weighted by Crippen LogP contribution is -2.21. The van der Waals surface area contributed by atoms with Gasteiger partial charge in [0.2, 0.25) is 5.95 Å². The molecule has 0 aliphatic carbocycles. The Morgan fingerprint density at radius 1 is 1.18 bits per heavy atom. The standard InChI is InChI=1S/C15H20N6O/c1-8(2)13-11(14(22)16-5)7-17-15(21-13)20-12-6-9(3)18-10(4)19-12/h6-8H,1-5H3,(H,16,22)(H,17,18,19,20,21). The van der Waals surface area contributed by atoms with Gasteiger partial charge >= 0.3 is 0 Å². The topological polar surface area (TPSA) is 92.7 Å². The molecule has 2 heterocycles. The second-order valence-electron chi connectivity index (χ2n) is 5.29. The molecular formula is C15H20N6O. The maximum atomic E-state index is 11.9. The SMILES string of the molecule is CNC(=O)c1cnc(Nc2cc(C)nc(C)n2)nc1C(C)C. The second-order valence-corrected chi connectivity index (χ2v) is 5.29. The van der Waals surface area contributed by atoms with Crippen LogP contribution in [0.5, 0.6) is 0 Å². The molecule has 7 heteroatoms. The van der Waals surface area contributed by atoms with E-state index in [1.165, 1.54) is 6.20 Å². The summed E-state index contributed by atoms with van der Waals surface area (Å²) in [5, 5.41) is 5.66. The number of rotatable bonds is 4. The van der Waals surface area contributed by atoms with E-state index in [9.17, 15) is 4.79 Å². The van der Waals surface area contributed by atoms with Gasteiger partial charge in [-0.1, -0.05) is 13.8 Å². The Kier molecular flexibility index (Phi) is 4.65. The van der Waals surface area contributed by atoms with E-state index in [0.29, 0.717) is 28.8 Å². The molecule has 0 bridgehead atoms. The number of hydrogen-bond acceptors (Lipinski definition) is 6. The molecule has 0 aliphatic rings. The van der Waals surface area contributed by atoms with Gasteiger partial charge in [0.05, 0.1) is 11.3 Å². The van der Waals surface area contributed by atoms with Crippen LogP contribution in [0.1, 0.15) is 47.3 Å². The Hall–Kier alpha value is -2.57. The quantitative estimate of drug-likeness (QED) is 0.898. The van der Waals surface area contributed by atoms with Gasteiger partial charge in [-0.15, -0.1) is 0 Å². The van der Waals surface area contributed by atoms with Gasteiger partial charge in [0.15, 0.2) is 0 Å². The van der Waals surface area contributed by atoms with E-state index in [-0.39, 0.29) is 11.8 Å². The lowest BCUT2D eigenvalue weighted by Gasteiger charge is -2.12. The van der Waals surface area contributed by atoms with Gasteiger partial charge in [-0.2, -0.15) is 0 Å². The van der Waals surface area contributed by atoms with Crippen LogP contribution in [-0.4, -0.2) is 32.9 Å². The van der Waals surface area contributed by atoms with Gasteiger partial charge in [0, 0.05) is 25.0 Å². The highest BCUT2D eigenvalue weighted by Crippen LogP contribution is 2.19. The first-order valence-corrected chi connectivity index (χ1v) is 7.09. The molecule has 0 aromatic carbocycles. The minimum Gasteiger partial charge on any atom is -0.355 e. The Balaban J connectivity index is 2.36. The number of carbonyl (C=O) groups is 1. The molecule has 0 radical (unpaired) electrons. The molecule has 2 aromatic rings. The van der Waals surface area contributed by atoms with E-state index in [2.05, 4.69) is 30.6 Å². The van der Waals surface area contributed by atoms with Crippen LogP contribution < -0.4 is 10.6 Å². The number of aromatic nitrogens is 4. The summed E-state index contributed by atoms with van der Waals surface area (Å²) < 4.78 is 0. The molecule has 116 valence electrons. The molecule has 0 saturated heterocycles. The Bertz CT molecular complexity index is 678. The largest absolute Gasteiger partial charge is 0.355 e. The lowest BCUT2D eigenvalue weighted by atomic mass is 10.0. The molecule has 2 aromatic heterocycles. The van der Waals surface area contributed by atoms with Crippen molar-refractivity contribution in [3.63, 3.8) is 0 Å². The maximum Gasteiger partial charge on any atom is 0.254 e. The lowest BCUT2D eigenvalue weighted by molar-refractivity contribution is 0.0961. The van der Waals surface area contributed by atoms with Gasteiger partial charge in [0.25, 0.3) is 5.91 Å². The predicted octanol–water partition coefficient (Wildman–Crippen LogP) is 2.11. The van der Waals surface area contributed by atoms with Crippen LogP contribution in [0.25, 0.3) is 0 Å². The highest BCUT2D eigenvalue weighted by Gasteiger charge is 2.16. The molecule has 0 spiro atoms. The minimum absolute atomic E-state index is 0.102. The summed E-state index contributed by atoms with van der Waals surface area (Å²) in [5.41, 5.74) is 2.04. The first-order valence-electron chi connectivity index (χ1n) is 7.09. The second kappa shape index (κ2) is 6.46. The summed E-state index contributed by atoms with van der Waals surface area (Å²) >= 11 is 0. The zero-order chi connectivity index (χ0) is 16.3. The molecule has 0 aliphatic heterocycles. The predicted molar refractivity (Wildman–Crippen MR) is 84.3 cm³/mol. The number of amides is 1. The van der Waals surface area contributed by atoms with Crippen LogP contribution in [0.2, 0.25) is 0 Å². The molecule has 22 heavy (non-hydrogen) atoms. The Morgan fingerprint density at radius 2 is 1.91 bits per heavy atom. The molecule has 0 saturated carbocycles. The van der Waals surface area contributed by atoms with Crippen LogP contribution in [0.4, 0.5) is 11.8 Å². The van der Waals surface area contributed by atoms with Crippen molar-refractivity contribution < 1.29 is 4.79 Å². The van der Waals surface area contributed by atoms with E-state index < -0.39 is 0 Å². The Labute approximate surface area is 129 Å². The summed E-state index contributed by atoms with van der Waals surface area (Å²) in [6, 6.07) is 1.82. The summed E-state index contributed by atoms with van der Waals surface area (Å²) in [5.74, 6) is 1.63. The molecule has 0 atom stereocenters. The van der Waals surface area contributed by atoms with Crippen molar-refractivity contribution in [1.82, 2.24) is 25.3 Å². The number of hydrogen-bond donors (Lipinski definition) is 2. The normalized spacial score (nSPS) is 10.6. The van der Waals surface area contributed by atoms with Gasteiger partial charge in [-0.05, 0) is 19.8 Å². The highest BCUT2D eigenvalue weighted by molar-refractivity contribution is 5.95. The molecule has 1 amide bonds. The number of nitrogens with one attached hydrogen (secondary N) is 2. The summed E-state index contributed by atoms with van der Waals surface area (Å²) in [6.45, 7) is 7.69. The van der Waals surface area contributed by atoms with Crippen molar-refractivity contribution in [1.29, 1.82) is 0 Å². The van der Waals surface area contributed by atoms with Crippen molar-refractivity contribution in [2.24, 2.45) is 0 Å². The van der Waals surface area contributed by atoms with Crippen LogP contribution in [0, 0.1) is 13.8 Å². The number of aryl methyl sites for hydroxylation is 2. The third kappa shape index (κ3) is 3.55. The molecule has 2 rings (SSSR count). The average Bonchev–Trinajstić information content (AvgIpc) is 2.45. The maximum absolute atomic E-state index is 11.9. The number of nitrogens with zero attached hydrogens (tertiary/aromatic N) is 4. The van der Waals surface area contributed by atoms with E-state index in [1.807, 2.05) is 33.8 Å². The molecule has 2 N–H and O–H groups in total. The van der Waals surface area contributed by atoms with Crippen molar-refractivity contribution in [2.75, 3.05) is 12.4 Å². The van der Waals surface area contributed by atoms with Crippen LogP contribution >= 0.6 is 0 Å². The third-order valence-electron chi connectivity index (χ3n) is 3.04. The molecule has 0 unspecified atom stereocenters. The van der Waals surface area contributed by atoms with Crippen molar-refractivity contribution in [3.8, 4) is 0 Å². The average molecular weight is 300 g/mol. The van der Waals surface area contributed by atoms with Crippen molar-refractivity contribution in [3.05, 3.63) is 35.0 Å². The summed E-state index contributed by atoms with van der Waals surface area (Å²) in [6.07, 6.45) is 1.53. The number of anilines is 2. The summed E-state index contributed by atoms with van der Waals surface area (Å²) in [7, 11) is 1.59. The molecular weight excluding hydrogens is 280 g/mol. The van der Waals surface area contributed by atoms with Crippen LogP contribution in [-0.2, 0) is 0 Å². The van der Waals surface area contributed by atoms with Gasteiger partial charge in [0.1, 0.15) is 11.6 Å². The van der Waals surface area contributed by atoms with E-state index in [1.54, 1.807) is 7.05 Å². The Morgan fingerprint density at radius 3 is 2.50 bits per heavy atom. The van der Waals surface area contributed by atoms with Crippen molar-refractivity contribution >= 4 is 17.7 Å². The fourth-order valence-corrected chi connectivity index (χ4v) is 2.10.